The van der Waals surface area contributed by atoms with Crippen molar-refractivity contribution in [2.24, 2.45) is 10.9 Å². The highest BCUT2D eigenvalue weighted by Crippen LogP contribution is 2.42. The van der Waals surface area contributed by atoms with Gasteiger partial charge in [0.1, 0.15) is 24.7 Å². The Balaban J connectivity index is 0.864. The zero-order valence-electron chi connectivity index (χ0n) is 45.8. The number of unbranched alkanes of at least 4 members (excludes halogenated alkanes) is 3. The van der Waals surface area contributed by atoms with Gasteiger partial charge in [0.2, 0.25) is 11.8 Å². The SMILES string of the molecule is CC=NCCCCCC(=O)CCCCC(=O)N[C@@H](C)C(=O)C[C@@H](C)C(=O)Nc1cc(COc2cc3c(cc2C)C(=O)N2c4ccccc4C[C@H]2CC3)cc(COc2cc3c(cc2OC)C(=O)N2c4ccccc4C[C@H]2CC3)c1. The number of para-hydroxylation sites is 2. The van der Waals surface area contributed by atoms with Gasteiger partial charge in [-0.15, -0.1) is 0 Å². The summed E-state index contributed by atoms with van der Waals surface area (Å²) in [7, 11) is 1.56. The molecule has 0 bridgehead atoms. The van der Waals surface area contributed by atoms with Crippen molar-refractivity contribution in [2.75, 3.05) is 28.8 Å². The summed E-state index contributed by atoms with van der Waals surface area (Å²) in [6, 6.07) is 28.8. The lowest BCUT2D eigenvalue weighted by atomic mass is 9.98. The first kappa shape index (κ1) is 55.2. The Morgan fingerprint density at radius 2 is 1.24 bits per heavy atom. The average Bonchev–Trinajstić information content (AvgIpc) is 3.99. The number of aryl methyl sites for hydroxylation is 3. The van der Waals surface area contributed by atoms with Gasteiger partial charge in [0.15, 0.2) is 17.3 Å². The number of carbonyl (C=O) groups is 6. The molecule has 14 heteroatoms. The molecule has 0 spiro atoms. The van der Waals surface area contributed by atoms with Crippen LogP contribution in [-0.4, -0.2) is 73.2 Å². The van der Waals surface area contributed by atoms with Crippen molar-refractivity contribution >= 4 is 58.5 Å². The number of carbonyl (C=O) groups excluding carboxylic acids is 6. The van der Waals surface area contributed by atoms with Crippen molar-refractivity contribution < 1.29 is 43.0 Å². The smallest absolute Gasteiger partial charge is 0.258 e. The van der Waals surface area contributed by atoms with Crippen molar-refractivity contribution in [3.8, 4) is 17.2 Å². The van der Waals surface area contributed by atoms with Gasteiger partial charge in [0, 0.05) is 78.4 Å². The number of Topliss-reactive ketones (excluding diaryl/α,β-unsaturated/α-hetero) is 2. The number of ether oxygens (including phenoxy) is 3. The fourth-order valence-corrected chi connectivity index (χ4v) is 11.5. The third kappa shape index (κ3) is 12.9. The maximum Gasteiger partial charge on any atom is 0.258 e. The second-order valence-electron chi connectivity index (χ2n) is 21.5. The van der Waals surface area contributed by atoms with Crippen LogP contribution >= 0.6 is 0 Å². The standard InChI is InChI=1S/C64H73N5O9/c1-6-65-27-15-7-8-18-52(70)19-11-14-22-61(72)66-42(4)57(71)29-41(3)62(73)67-49-31-43(38-77-58-35-45-23-25-50-33-47-16-9-12-20-55(47)68(50)63(74)53(45)28-40(58)2)30-44(32-49)39-78-60-36-46-24-26-51-34-48-17-10-13-21-56(48)69(51)64(75)54(46)37-59(60)76-5/h6,9-10,12-13,16-17,20-21,28,30-32,35-37,41-42,50-51H,7-8,11,14-15,18-19,22-27,29,33-34,38-39H2,1-5H3,(H,66,72)(H,67,73)/t41-,42+,50-,51-/m1/s1. The lowest BCUT2D eigenvalue weighted by Gasteiger charge is -2.23. The van der Waals surface area contributed by atoms with Crippen LogP contribution in [0.3, 0.4) is 0 Å². The van der Waals surface area contributed by atoms with Crippen LogP contribution < -0.4 is 34.6 Å². The first-order chi connectivity index (χ1) is 37.8. The minimum Gasteiger partial charge on any atom is -0.493 e. The Bertz CT molecular complexity index is 3110. The average molecular weight is 1060 g/mol. The van der Waals surface area contributed by atoms with Crippen LogP contribution in [-0.2, 0) is 58.1 Å². The molecule has 4 atom stereocenters. The van der Waals surface area contributed by atoms with Gasteiger partial charge in [-0.3, -0.25) is 33.8 Å². The molecule has 4 heterocycles. The highest BCUT2D eigenvalue weighted by Gasteiger charge is 2.39. The molecule has 78 heavy (non-hydrogen) atoms. The minimum atomic E-state index is -0.795. The summed E-state index contributed by atoms with van der Waals surface area (Å²) in [5.74, 6) is 0.0701. The van der Waals surface area contributed by atoms with Crippen LogP contribution in [0.1, 0.15) is 151 Å². The molecule has 4 aliphatic rings. The maximum atomic E-state index is 14.2. The number of aliphatic imine (C=N–C) groups is 1. The molecule has 5 aromatic rings. The number of anilines is 3. The lowest BCUT2D eigenvalue weighted by Crippen LogP contribution is -2.39. The Morgan fingerprint density at radius 1 is 0.679 bits per heavy atom. The Hall–Kier alpha value is -7.61. The Labute approximate surface area is 458 Å². The summed E-state index contributed by atoms with van der Waals surface area (Å²) < 4.78 is 18.9. The second kappa shape index (κ2) is 25.2. The quantitative estimate of drug-likeness (QED) is 0.0450. The van der Waals surface area contributed by atoms with Gasteiger partial charge in [-0.05, 0) is 185 Å². The fourth-order valence-electron chi connectivity index (χ4n) is 11.5. The topological polar surface area (TPSA) is 173 Å². The predicted octanol–water partition coefficient (Wildman–Crippen LogP) is 11.0. The van der Waals surface area contributed by atoms with E-state index in [-0.39, 0.29) is 73.3 Å². The minimum absolute atomic E-state index is 0.00564. The number of methoxy groups -OCH3 is 1. The summed E-state index contributed by atoms with van der Waals surface area (Å²) in [6.45, 7) is 8.15. The summed E-state index contributed by atoms with van der Waals surface area (Å²) in [6.07, 6.45) is 11.5. The highest BCUT2D eigenvalue weighted by atomic mass is 16.5. The molecule has 0 fully saturated rings. The van der Waals surface area contributed by atoms with E-state index in [1.54, 1.807) is 33.2 Å². The van der Waals surface area contributed by atoms with Crippen molar-refractivity contribution in [3.05, 3.63) is 141 Å². The van der Waals surface area contributed by atoms with E-state index < -0.39 is 12.0 Å². The zero-order valence-corrected chi connectivity index (χ0v) is 45.8. The number of rotatable bonds is 24. The molecule has 0 aliphatic carbocycles. The molecule has 408 valence electrons. The van der Waals surface area contributed by atoms with Crippen LogP contribution in [0.5, 0.6) is 17.2 Å². The third-order valence-corrected chi connectivity index (χ3v) is 15.8. The molecule has 0 saturated heterocycles. The Morgan fingerprint density at radius 3 is 1.86 bits per heavy atom. The number of nitrogens with zero attached hydrogens (tertiary/aromatic N) is 3. The number of hydrogen-bond acceptors (Lipinski definition) is 10. The van der Waals surface area contributed by atoms with Crippen molar-refractivity contribution in [2.45, 2.75) is 155 Å². The van der Waals surface area contributed by atoms with Gasteiger partial charge in [-0.2, -0.15) is 0 Å². The summed E-state index contributed by atoms with van der Waals surface area (Å²) in [5.41, 5.74) is 10.2. The zero-order chi connectivity index (χ0) is 54.9. The Kier molecular flexibility index (Phi) is 17.8. The van der Waals surface area contributed by atoms with E-state index in [1.165, 1.54) is 11.1 Å². The van der Waals surface area contributed by atoms with E-state index >= 15 is 0 Å². The molecule has 4 amide bonds. The molecule has 0 aromatic heterocycles. The number of hydrogen-bond donors (Lipinski definition) is 2. The van der Waals surface area contributed by atoms with Gasteiger partial charge in [0.05, 0.1) is 13.2 Å². The van der Waals surface area contributed by atoms with Crippen LogP contribution in [0.15, 0.2) is 96.0 Å². The number of fused-ring (bicyclic) bond motifs is 8. The van der Waals surface area contributed by atoms with Crippen LogP contribution in [0.25, 0.3) is 0 Å². The number of ketones is 2. The van der Waals surface area contributed by atoms with Gasteiger partial charge in [-0.1, -0.05) is 49.7 Å². The van der Waals surface area contributed by atoms with Crippen molar-refractivity contribution in [1.29, 1.82) is 0 Å². The highest BCUT2D eigenvalue weighted by molar-refractivity contribution is 6.10. The first-order valence-electron chi connectivity index (χ1n) is 27.9. The van der Waals surface area contributed by atoms with E-state index in [9.17, 15) is 28.8 Å². The molecule has 0 saturated carbocycles. The van der Waals surface area contributed by atoms with E-state index in [0.717, 1.165) is 97.1 Å². The van der Waals surface area contributed by atoms with E-state index in [1.807, 2.05) is 96.4 Å². The van der Waals surface area contributed by atoms with Crippen LogP contribution in [0.2, 0.25) is 0 Å². The second-order valence-corrected chi connectivity index (χ2v) is 21.5. The molecule has 0 radical (unpaired) electrons. The van der Waals surface area contributed by atoms with Gasteiger partial charge >= 0.3 is 0 Å². The monoisotopic (exact) mass is 1060 g/mol. The van der Waals surface area contributed by atoms with Gasteiger partial charge in [-0.25, -0.2) is 0 Å². The molecular weight excluding hydrogens is 983 g/mol. The first-order valence-corrected chi connectivity index (χ1v) is 27.9. The van der Waals surface area contributed by atoms with Crippen molar-refractivity contribution in [1.82, 2.24) is 5.32 Å². The number of benzene rings is 5. The van der Waals surface area contributed by atoms with Gasteiger partial charge in [0.25, 0.3) is 11.8 Å². The summed E-state index contributed by atoms with van der Waals surface area (Å²) in [5, 5.41) is 5.81. The van der Waals surface area contributed by atoms with Crippen LogP contribution in [0, 0.1) is 12.8 Å². The molecule has 0 unspecified atom stereocenters. The molecule has 9 rings (SSSR count). The largest absolute Gasteiger partial charge is 0.493 e. The molecular formula is C64H73N5O9. The molecule has 5 aromatic carbocycles. The number of amides is 4. The molecule has 4 aliphatic heterocycles. The molecule has 14 nitrogen and oxygen atoms in total. The van der Waals surface area contributed by atoms with Crippen molar-refractivity contribution in [3.63, 3.8) is 0 Å². The fraction of sp³-hybridized carbons (Fsp3) is 0.422. The van der Waals surface area contributed by atoms with E-state index in [0.29, 0.717) is 66.2 Å². The van der Waals surface area contributed by atoms with E-state index in [4.69, 9.17) is 14.2 Å². The summed E-state index contributed by atoms with van der Waals surface area (Å²) in [4.78, 5) is 88.8. The maximum absolute atomic E-state index is 14.2. The lowest BCUT2D eigenvalue weighted by molar-refractivity contribution is -0.129. The van der Waals surface area contributed by atoms with Crippen LogP contribution in [0.4, 0.5) is 17.1 Å². The normalized spacial score (nSPS) is 16.9. The number of nitrogens with one attached hydrogen (secondary N) is 2. The molecule has 2 N–H and O–H groups in total. The third-order valence-electron chi connectivity index (χ3n) is 15.8. The van der Waals surface area contributed by atoms with Gasteiger partial charge < -0.3 is 34.6 Å². The predicted molar refractivity (Wildman–Crippen MR) is 303 cm³/mol. The summed E-state index contributed by atoms with van der Waals surface area (Å²) >= 11 is 0. The van der Waals surface area contributed by atoms with E-state index in [2.05, 4.69) is 27.8 Å².